The SMILES string of the molecule is Cc1ccc(C)c(NC(=O)Nc2ccc(C(=O)NCCNC(=O)c3ccco3)cc2)c1. The molecule has 8 heteroatoms. The quantitative estimate of drug-likeness (QED) is 0.437. The van der Waals surface area contributed by atoms with E-state index in [4.69, 9.17) is 4.42 Å². The van der Waals surface area contributed by atoms with E-state index in [1.54, 1.807) is 36.4 Å². The number of benzene rings is 2. The summed E-state index contributed by atoms with van der Waals surface area (Å²) in [5, 5.41) is 10.9. The van der Waals surface area contributed by atoms with Gasteiger partial charge in [-0.15, -0.1) is 0 Å². The summed E-state index contributed by atoms with van der Waals surface area (Å²) in [6.07, 6.45) is 1.42. The van der Waals surface area contributed by atoms with Crippen molar-refractivity contribution in [2.45, 2.75) is 13.8 Å². The Morgan fingerprint density at radius 3 is 2.23 bits per heavy atom. The normalized spacial score (nSPS) is 10.3. The van der Waals surface area contributed by atoms with Gasteiger partial charge in [0.2, 0.25) is 0 Å². The Hall–Kier alpha value is -4.07. The second-order valence-corrected chi connectivity index (χ2v) is 6.96. The van der Waals surface area contributed by atoms with Crippen LogP contribution in [-0.4, -0.2) is 30.9 Å². The molecule has 2 aromatic carbocycles. The third-order valence-corrected chi connectivity index (χ3v) is 4.49. The van der Waals surface area contributed by atoms with Gasteiger partial charge in [0.15, 0.2) is 5.76 Å². The van der Waals surface area contributed by atoms with Gasteiger partial charge in [-0.1, -0.05) is 12.1 Å². The highest BCUT2D eigenvalue weighted by Crippen LogP contribution is 2.17. The van der Waals surface area contributed by atoms with Crippen molar-refractivity contribution in [3.63, 3.8) is 0 Å². The van der Waals surface area contributed by atoms with Crippen molar-refractivity contribution in [2.75, 3.05) is 23.7 Å². The summed E-state index contributed by atoms with van der Waals surface area (Å²) in [4.78, 5) is 36.2. The number of carbonyl (C=O) groups excluding carboxylic acids is 3. The lowest BCUT2D eigenvalue weighted by Gasteiger charge is -2.11. The second-order valence-electron chi connectivity index (χ2n) is 6.96. The van der Waals surface area contributed by atoms with Crippen LogP contribution in [0.15, 0.2) is 65.3 Å². The van der Waals surface area contributed by atoms with Gasteiger partial charge in [0.05, 0.1) is 6.26 Å². The Bertz CT molecular complexity index is 1060. The van der Waals surface area contributed by atoms with Crippen molar-refractivity contribution < 1.29 is 18.8 Å². The molecule has 0 bridgehead atoms. The summed E-state index contributed by atoms with van der Waals surface area (Å²) < 4.78 is 4.99. The fourth-order valence-corrected chi connectivity index (χ4v) is 2.81. The first-order valence-corrected chi connectivity index (χ1v) is 9.77. The van der Waals surface area contributed by atoms with Gasteiger partial charge < -0.3 is 25.7 Å². The predicted octanol–water partition coefficient (Wildman–Crippen LogP) is 3.70. The van der Waals surface area contributed by atoms with Gasteiger partial charge in [0.1, 0.15) is 0 Å². The lowest BCUT2D eigenvalue weighted by atomic mass is 10.1. The van der Waals surface area contributed by atoms with E-state index in [1.165, 1.54) is 6.26 Å². The molecule has 4 amide bonds. The maximum atomic E-state index is 12.2. The number of hydrogen-bond donors (Lipinski definition) is 4. The third-order valence-electron chi connectivity index (χ3n) is 4.49. The van der Waals surface area contributed by atoms with E-state index in [0.717, 1.165) is 16.8 Å². The van der Waals surface area contributed by atoms with Crippen LogP contribution < -0.4 is 21.3 Å². The molecular weight excluding hydrogens is 396 g/mol. The van der Waals surface area contributed by atoms with E-state index >= 15 is 0 Å². The molecule has 0 aliphatic carbocycles. The van der Waals surface area contributed by atoms with Crippen LogP contribution in [0.1, 0.15) is 32.0 Å². The van der Waals surface area contributed by atoms with Crippen molar-refractivity contribution in [1.82, 2.24) is 10.6 Å². The van der Waals surface area contributed by atoms with E-state index in [2.05, 4.69) is 21.3 Å². The zero-order chi connectivity index (χ0) is 22.2. The maximum Gasteiger partial charge on any atom is 0.323 e. The first-order valence-electron chi connectivity index (χ1n) is 9.77. The molecule has 4 N–H and O–H groups in total. The van der Waals surface area contributed by atoms with Crippen LogP contribution in [0.2, 0.25) is 0 Å². The van der Waals surface area contributed by atoms with Crippen LogP contribution in [0.5, 0.6) is 0 Å². The molecule has 0 saturated heterocycles. The standard InChI is InChI=1S/C23H24N4O4/c1-15-5-6-16(2)19(14-15)27-23(30)26-18-9-7-17(8-10-18)21(28)24-11-12-25-22(29)20-4-3-13-31-20/h3-10,13-14H,11-12H2,1-2H3,(H,24,28)(H,25,29)(H2,26,27,30). The molecule has 3 aromatic rings. The number of furan rings is 1. The van der Waals surface area contributed by atoms with Gasteiger partial charge in [-0.3, -0.25) is 9.59 Å². The number of carbonyl (C=O) groups is 3. The van der Waals surface area contributed by atoms with E-state index < -0.39 is 0 Å². The topological polar surface area (TPSA) is 112 Å². The van der Waals surface area contributed by atoms with E-state index in [1.807, 2.05) is 32.0 Å². The fraction of sp³-hybridized carbons (Fsp3) is 0.174. The Kier molecular flexibility index (Phi) is 7.05. The van der Waals surface area contributed by atoms with E-state index in [-0.39, 0.29) is 36.7 Å². The number of nitrogens with one attached hydrogen (secondary N) is 4. The minimum absolute atomic E-state index is 0.219. The van der Waals surface area contributed by atoms with Crippen LogP contribution >= 0.6 is 0 Å². The predicted molar refractivity (Wildman–Crippen MR) is 118 cm³/mol. The monoisotopic (exact) mass is 420 g/mol. The number of urea groups is 1. The van der Waals surface area contributed by atoms with Crippen molar-refractivity contribution in [1.29, 1.82) is 0 Å². The van der Waals surface area contributed by atoms with E-state index in [0.29, 0.717) is 11.3 Å². The van der Waals surface area contributed by atoms with Gasteiger partial charge >= 0.3 is 6.03 Å². The fourth-order valence-electron chi connectivity index (χ4n) is 2.81. The highest BCUT2D eigenvalue weighted by molar-refractivity contribution is 6.01. The number of hydrogen-bond acceptors (Lipinski definition) is 4. The van der Waals surface area contributed by atoms with Gasteiger partial charge in [-0.05, 0) is 67.4 Å². The molecule has 1 aromatic heterocycles. The largest absolute Gasteiger partial charge is 0.459 e. The van der Waals surface area contributed by atoms with Gasteiger partial charge in [-0.2, -0.15) is 0 Å². The zero-order valence-corrected chi connectivity index (χ0v) is 17.3. The Balaban J connectivity index is 1.44. The number of aryl methyl sites for hydroxylation is 2. The Morgan fingerprint density at radius 1 is 0.839 bits per heavy atom. The maximum absolute atomic E-state index is 12.2. The van der Waals surface area contributed by atoms with Crippen LogP contribution in [-0.2, 0) is 0 Å². The summed E-state index contributed by atoms with van der Waals surface area (Å²) in [6, 6.07) is 15.2. The number of rotatable bonds is 7. The molecule has 0 radical (unpaired) electrons. The van der Waals surface area contributed by atoms with Crippen LogP contribution in [0.3, 0.4) is 0 Å². The lowest BCUT2D eigenvalue weighted by Crippen LogP contribution is -2.34. The molecule has 0 atom stereocenters. The molecular formula is C23H24N4O4. The summed E-state index contributed by atoms with van der Waals surface area (Å²) in [5.41, 5.74) is 3.76. The average molecular weight is 420 g/mol. The summed E-state index contributed by atoms with van der Waals surface area (Å²) >= 11 is 0. The van der Waals surface area contributed by atoms with Crippen LogP contribution in [0.4, 0.5) is 16.2 Å². The van der Waals surface area contributed by atoms with Crippen LogP contribution in [0, 0.1) is 13.8 Å². The molecule has 31 heavy (non-hydrogen) atoms. The minimum Gasteiger partial charge on any atom is -0.459 e. The van der Waals surface area contributed by atoms with Gasteiger partial charge in [0.25, 0.3) is 11.8 Å². The van der Waals surface area contributed by atoms with Gasteiger partial charge in [-0.25, -0.2) is 4.79 Å². The summed E-state index contributed by atoms with van der Waals surface area (Å²) in [5.74, 6) is -0.400. The molecule has 0 saturated carbocycles. The van der Waals surface area contributed by atoms with E-state index in [9.17, 15) is 14.4 Å². The zero-order valence-electron chi connectivity index (χ0n) is 17.3. The Labute approximate surface area is 180 Å². The molecule has 0 aliphatic rings. The molecule has 3 rings (SSSR count). The summed E-state index contributed by atoms with van der Waals surface area (Å²) in [6.45, 7) is 4.41. The Morgan fingerprint density at radius 2 is 1.55 bits per heavy atom. The highest BCUT2D eigenvalue weighted by atomic mass is 16.3. The minimum atomic E-state index is -0.363. The molecule has 160 valence electrons. The highest BCUT2D eigenvalue weighted by Gasteiger charge is 2.09. The van der Waals surface area contributed by atoms with Crippen LogP contribution in [0.25, 0.3) is 0 Å². The lowest BCUT2D eigenvalue weighted by molar-refractivity contribution is 0.0910. The summed E-state index contributed by atoms with van der Waals surface area (Å²) in [7, 11) is 0. The number of anilines is 2. The second kappa shape index (κ2) is 10.1. The molecule has 1 heterocycles. The van der Waals surface area contributed by atoms with Crippen molar-refractivity contribution >= 4 is 29.2 Å². The van der Waals surface area contributed by atoms with Crippen molar-refractivity contribution in [3.8, 4) is 0 Å². The smallest absolute Gasteiger partial charge is 0.323 e. The third kappa shape index (κ3) is 6.20. The van der Waals surface area contributed by atoms with Gasteiger partial charge in [0, 0.05) is 30.0 Å². The number of amides is 4. The molecule has 0 unspecified atom stereocenters. The molecule has 0 aliphatic heterocycles. The molecule has 0 fully saturated rings. The molecule has 0 spiro atoms. The van der Waals surface area contributed by atoms with Crippen molar-refractivity contribution in [2.24, 2.45) is 0 Å². The average Bonchev–Trinajstić information content (AvgIpc) is 3.29. The molecule has 8 nitrogen and oxygen atoms in total. The first-order chi connectivity index (χ1) is 14.9. The first kappa shape index (κ1) is 21.6. The van der Waals surface area contributed by atoms with Crippen molar-refractivity contribution in [3.05, 3.63) is 83.3 Å².